The fourth-order valence-electron chi connectivity index (χ4n) is 1.68. The Morgan fingerprint density at radius 3 is 2.11 bits per heavy atom. The van der Waals surface area contributed by atoms with Crippen LogP contribution in [0.3, 0.4) is 0 Å². The normalized spacial score (nSPS) is 11.3. The number of azide groups is 1. The zero-order valence-corrected chi connectivity index (χ0v) is 13.6. The first-order valence-corrected chi connectivity index (χ1v) is 9.56. The van der Waals surface area contributed by atoms with Crippen molar-refractivity contribution in [1.82, 2.24) is 0 Å². The standard InChI is InChI=1S/C9H14N3Si.C5H5.Fe/c1-13(2,3)9(11-12-10)8-6-4-5-7-8;1-2-4-5-3-1;/h4-7,9H,1-3H3;1-5H;/q2*-1;+2. The predicted octanol–water partition coefficient (Wildman–Crippen LogP) is 5.04. The largest absolute Gasteiger partial charge is 2.00 e. The molecule has 19 heavy (non-hydrogen) atoms. The molecule has 0 radical (unpaired) electrons. The molecule has 1 atom stereocenters. The van der Waals surface area contributed by atoms with E-state index in [4.69, 9.17) is 5.53 Å². The third-order valence-electron chi connectivity index (χ3n) is 2.55. The minimum absolute atomic E-state index is 0. The quantitative estimate of drug-likeness (QED) is 0.251. The second kappa shape index (κ2) is 8.78. The van der Waals surface area contributed by atoms with Gasteiger partial charge in [-0.2, -0.15) is 35.9 Å². The summed E-state index contributed by atoms with van der Waals surface area (Å²) >= 11 is 0. The summed E-state index contributed by atoms with van der Waals surface area (Å²) in [5.74, 6) is 0. The molecule has 2 aromatic carbocycles. The Labute approximate surface area is 126 Å². The SMILES string of the molecule is C[Si](C)(C)C(N=[N+]=[N-])c1ccc[cH-]1.[Fe+2].c1cc[cH-]c1. The van der Waals surface area contributed by atoms with Crippen molar-refractivity contribution < 1.29 is 17.1 Å². The topological polar surface area (TPSA) is 48.8 Å². The van der Waals surface area contributed by atoms with Gasteiger partial charge in [-0.05, 0) is 5.53 Å². The fourth-order valence-corrected chi connectivity index (χ4v) is 3.27. The van der Waals surface area contributed by atoms with Crippen LogP contribution in [0, 0.1) is 0 Å². The number of rotatable bonds is 3. The van der Waals surface area contributed by atoms with Gasteiger partial charge in [0.05, 0.1) is 8.07 Å². The van der Waals surface area contributed by atoms with E-state index in [-0.39, 0.29) is 22.7 Å². The van der Waals surface area contributed by atoms with E-state index >= 15 is 0 Å². The molecule has 102 valence electrons. The van der Waals surface area contributed by atoms with E-state index in [1.165, 1.54) is 0 Å². The molecule has 5 heteroatoms. The monoisotopic (exact) mass is 313 g/mol. The van der Waals surface area contributed by atoms with Crippen molar-refractivity contribution in [3.63, 3.8) is 0 Å². The Balaban J connectivity index is 0.000000454. The van der Waals surface area contributed by atoms with Crippen LogP contribution < -0.4 is 0 Å². The van der Waals surface area contributed by atoms with E-state index in [0.29, 0.717) is 0 Å². The Morgan fingerprint density at radius 1 is 1.16 bits per heavy atom. The summed E-state index contributed by atoms with van der Waals surface area (Å²) in [6.07, 6.45) is 0. The average Bonchev–Trinajstić information content (AvgIpc) is 2.99. The number of hydrogen-bond acceptors (Lipinski definition) is 1. The molecule has 0 aliphatic carbocycles. The first kappa shape index (κ1) is 17.7. The second-order valence-corrected chi connectivity index (χ2v) is 10.4. The van der Waals surface area contributed by atoms with Gasteiger partial charge in [-0.15, -0.1) is 0 Å². The molecule has 1 unspecified atom stereocenters. The van der Waals surface area contributed by atoms with Crippen LogP contribution in [-0.2, 0) is 17.1 Å². The molecule has 0 saturated carbocycles. The van der Waals surface area contributed by atoms with Crippen molar-refractivity contribution in [2.45, 2.75) is 25.3 Å². The maximum atomic E-state index is 8.48. The summed E-state index contributed by atoms with van der Waals surface area (Å²) in [7, 11) is -1.43. The van der Waals surface area contributed by atoms with E-state index in [1.807, 2.05) is 54.6 Å². The van der Waals surface area contributed by atoms with Crippen LogP contribution >= 0.6 is 0 Å². The first-order valence-electron chi connectivity index (χ1n) is 5.98. The zero-order valence-electron chi connectivity index (χ0n) is 11.5. The molecule has 2 rings (SSSR count). The van der Waals surface area contributed by atoms with Crippen molar-refractivity contribution >= 4 is 8.07 Å². The van der Waals surface area contributed by atoms with Crippen LogP contribution in [0.2, 0.25) is 19.6 Å². The Kier molecular flexibility index (Phi) is 8.20. The summed E-state index contributed by atoms with van der Waals surface area (Å²) < 4.78 is 0. The third-order valence-corrected chi connectivity index (χ3v) is 4.64. The fraction of sp³-hybridized carbons (Fsp3) is 0.286. The molecule has 2 aromatic rings. The molecule has 0 amide bonds. The smallest absolute Gasteiger partial charge is 0.214 e. The van der Waals surface area contributed by atoms with E-state index < -0.39 is 8.07 Å². The predicted molar refractivity (Wildman–Crippen MR) is 79.3 cm³/mol. The molecular weight excluding hydrogens is 294 g/mol. The zero-order chi connectivity index (χ0) is 13.4. The maximum Gasteiger partial charge on any atom is 2.00 e. The molecule has 0 spiro atoms. The summed E-state index contributed by atoms with van der Waals surface area (Å²) in [4.78, 5) is 2.92. The van der Waals surface area contributed by atoms with Crippen molar-refractivity contribution in [2.24, 2.45) is 5.11 Å². The van der Waals surface area contributed by atoms with Crippen LogP contribution in [-0.4, -0.2) is 8.07 Å². The minimum atomic E-state index is -1.43. The minimum Gasteiger partial charge on any atom is -0.214 e. The molecule has 0 N–H and O–H groups in total. The van der Waals surface area contributed by atoms with Crippen LogP contribution in [0.25, 0.3) is 10.4 Å². The van der Waals surface area contributed by atoms with E-state index in [2.05, 4.69) is 29.7 Å². The van der Waals surface area contributed by atoms with Crippen LogP contribution in [0.4, 0.5) is 0 Å². The molecular formula is C14H19FeN3Si. The first-order chi connectivity index (χ1) is 8.55. The second-order valence-electron chi connectivity index (χ2n) is 5.15. The van der Waals surface area contributed by atoms with Crippen molar-refractivity contribution in [1.29, 1.82) is 0 Å². The van der Waals surface area contributed by atoms with Crippen LogP contribution in [0.5, 0.6) is 0 Å². The number of hydrogen-bond donors (Lipinski definition) is 0. The molecule has 0 fully saturated rings. The van der Waals surface area contributed by atoms with Crippen molar-refractivity contribution in [3.05, 3.63) is 70.6 Å². The van der Waals surface area contributed by atoms with E-state index in [1.54, 1.807) is 0 Å². The van der Waals surface area contributed by atoms with Gasteiger partial charge in [0.2, 0.25) is 0 Å². The number of nitrogens with zero attached hydrogens (tertiary/aromatic N) is 3. The van der Waals surface area contributed by atoms with E-state index in [9.17, 15) is 0 Å². The molecule has 0 aromatic heterocycles. The molecule has 0 bridgehead atoms. The van der Waals surface area contributed by atoms with Gasteiger partial charge in [-0.3, -0.25) is 0 Å². The van der Waals surface area contributed by atoms with Gasteiger partial charge < -0.3 is 0 Å². The van der Waals surface area contributed by atoms with E-state index in [0.717, 1.165) is 5.56 Å². The summed E-state index contributed by atoms with van der Waals surface area (Å²) in [6, 6.07) is 18.0. The summed E-state index contributed by atoms with van der Waals surface area (Å²) in [5, 5.41) is 3.88. The summed E-state index contributed by atoms with van der Waals surface area (Å²) in [6.45, 7) is 6.62. The Bertz CT molecular complexity index is 448. The van der Waals surface area contributed by atoms with Gasteiger partial charge in [-0.1, -0.05) is 24.8 Å². The maximum absolute atomic E-state index is 8.48. The van der Waals surface area contributed by atoms with Gasteiger partial charge in [-0.25, -0.2) is 24.3 Å². The molecule has 3 nitrogen and oxygen atoms in total. The van der Waals surface area contributed by atoms with Crippen LogP contribution in [0.15, 0.2) is 59.7 Å². The molecule has 0 heterocycles. The molecule has 0 saturated heterocycles. The molecule has 0 aliphatic rings. The van der Waals surface area contributed by atoms with Gasteiger partial charge >= 0.3 is 17.1 Å². The van der Waals surface area contributed by atoms with Crippen LogP contribution in [0.1, 0.15) is 11.2 Å². The Morgan fingerprint density at radius 2 is 1.79 bits per heavy atom. The molecule has 0 aliphatic heterocycles. The van der Waals surface area contributed by atoms with Gasteiger partial charge in [0.15, 0.2) is 0 Å². The Hall–Kier alpha value is -1.25. The average molecular weight is 313 g/mol. The van der Waals surface area contributed by atoms with Crippen molar-refractivity contribution in [2.75, 3.05) is 0 Å². The van der Waals surface area contributed by atoms with Gasteiger partial charge in [0.25, 0.3) is 0 Å². The third kappa shape index (κ3) is 6.46. The van der Waals surface area contributed by atoms with Gasteiger partial charge in [0.1, 0.15) is 0 Å². The van der Waals surface area contributed by atoms with Gasteiger partial charge in [0, 0.05) is 10.6 Å². The van der Waals surface area contributed by atoms with Crippen molar-refractivity contribution in [3.8, 4) is 0 Å². The summed E-state index contributed by atoms with van der Waals surface area (Å²) in [5.41, 5.74) is 9.69.